The van der Waals surface area contributed by atoms with Crippen molar-refractivity contribution in [1.29, 1.82) is 0 Å². The first-order valence-corrected chi connectivity index (χ1v) is 11.1. The molecule has 0 aromatic carbocycles. The van der Waals surface area contributed by atoms with Crippen molar-refractivity contribution in [2.45, 2.75) is 32.1 Å². The lowest BCUT2D eigenvalue weighted by Gasteiger charge is -2.37. The molecule has 0 saturated carbocycles. The second-order valence-corrected chi connectivity index (χ2v) is 7.86. The van der Waals surface area contributed by atoms with Gasteiger partial charge in [0.1, 0.15) is 0 Å². The van der Waals surface area contributed by atoms with Gasteiger partial charge < -0.3 is 15.1 Å². The van der Waals surface area contributed by atoms with Crippen molar-refractivity contribution in [3.05, 3.63) is 0 Å². The Labute approximate surface area is 157 Å². The van der Waals surface area contributed by atoms with Gasteiger partial charge in [-0.2, -0.15) is 11.8 Å². The molecule has 0 atom stereocenters. The van der Waals surface area contributed by atoms with Crippen molar-refractivity contribution >= 4 is 23.6 Å². The second kappa shape index (κ2) is 11.6. The molecule has 0 radical (unpaired) electrons. The number of carbonyl (C=O) groups is 1. The Morgan fingerprint density at radius 1 is 1.00 bits per heavy atom. The van der Waals surface area contributed by atoms with Crippen molar-refractivity contribution in [3.63, 3.8) is 0 Å². The monoisotopic (exact) mass is 369 g/mol. The molecule has 144 valence electrons. The van der Waals surface area contributed by atoms with E-state index in [0.29, 0.717) is 12.5 Å². The zero-order chi connectivity index (χ0) is 17.9. The minimum absolute atomic E-state index is 0.310. The zero-order valence-electron chi connectivity index (χ0n) is 16.0. The number of rotatable bonds is 7. The summed E-state index contributed by atoms with van der Waals surface area (Å²) in [5.41, 5.74) is 0. The summed E-state index contributed by atoms with van der Waals surface area (Å²) in [6.07, 6.45) is 8.19. The van der Waals surface area contributed by atoms with E-state index in [4.69, 9.17) is 0 Å². The summed E-state index contributed by atoms with van der Waals surface area (Å²) >= 11 is 1.90. The van der Waals surface area contributed by atoms with Crippen LogP contribution in [0, 0.1) is 0 Å². The van der Waals surface area contributed by atoms with E-state index in [9.17, 15) is 4.79 Å². The maximum absolute atomic E-state index is 12.4. The van der Waals surface area contributed by atoms with Gasteiger partial charge in [0, 0.05) is 52.9 Å². The maximum atomic E-state index is 12.4. The quantitative estimate of drug-likeness (QED) is 0.417. The molecule has 2 heterocycles. The highest BCUT2D eigenvalue weighted by molar-refractivity contribution is 7.98. The molecule has 25 heavy (non-hydrogen) atoms. The third kappa shape index (κ3) is 7.05. The molecule has 6 nitrogen and oxygen atoms in total. The van der Waals surface area contributed by atoms with Gasteiger partial charge in [-0.15, -0.1) is 0 Å². The summed E-state index contributed by atoms with van der Waals surface area (Å²) in [6.45, 7) is 7.22. The fraction of sp³-hybridized carbons (Fsp3) is 0.889. The van der Waals surface area contributed by atoms with Crippen molar-refractivity contribution < 1.29 is 4.79 Å². The van der Waals surface area contributed by atoms with Gasteiger partial charge in [0.2, 0.25) is 5.91 Å². The molecule has 0 aromatic rings. The summed E-state index contributed by atoms with van der Waals surface area (Å²) in [6, 6.07) is 0. The third-order valence-electron chi connectivity index (χ3n) is 5.01. The first kappa shape index (κ1) is 20.4. The van der Waals surface area contributed by atoms with E-state index in [1.807, 2.05) is 23.7 Å². The van der Waals surface area contributed by atoms with Crippen LogP contribution in [0.15, 0.2) is 4.99 Å². The first-order chi connectivity index (χ1) is 12.2. The molecule has 2 aliphatic heterocycles. The topological polar surface area (TPSA) is 51.2 Å². The number of likely N-dealkylation sites (tertiary alicyclic amines) is 1. The summed E-state index contributed by atoms with van der Waals surface area (Å²) < 4.78 is 0. The Kier molecular flexibility index (Phi) is 9.47. The van der Waals surface area contributed by atoms with Crippen molar-refractivity contribution in [2.75, 3.05) is 71.4 Å². The average Bonchev–Trinajstić information content (AvgIpc) is 2.66. The Morgan fingerprint density at radius 2 is 1.72 bits per heavy atom. The first-order valence-electron chi connectivity index (χ1n) is 9.69. The molecule has 0 aliphatic carbocycles. The lowest BCUT2D eigenvalue weighted by molar-refractivity contribution is -0.133. The van der Waals surface area contributed by atoms with E-state index in [0.717, 1.165) is 51.8 Å². The largest absolute Gasteiger partial charge is 0.356 e. The van der Waals surface area contributed by atoms with Crippen LogP contribution in [-0.4, -0.2) is 98.0 Å². The fourth-order valence-electron chi connectivity index (χ4n) is 3.46. The van der Waals surface area contributed by atoms with E-state index in [-0.39, 0.29) is 0 Å². The molecule has 2 saturated heterocycles. The number of unbranched alkanes of at least 4 members (excludes halogenated alkanes) is 1. The summed E-state index contributed by atoms with van der Waals surface area (Å²) in [5.74, 6) is 2.54. The number of nitrogens with zero attached hydrogens (tertiary/aromatic N) is 4. The SMILES string of the molecule is CN=C(NCCCCSC)N1CCN(CC(=O)N2CCCCC2)CC1. The van der Waals surface area contributed by atoms with Crippen LogP contribution in [0.1, 0.15) is 32.1 Å². The number of aliphatic imine (C=N–C) groups is 1. The Hall–Kier alpha value is -0.950. The Morgan fingerprint density at radius 3 is 2.36 bits per heavy atom. The molecule has 2 fully saturated rings. The minimum atomic E-state index is 0.310. The standard InChI is InChI=1S/C18H35N5OS/c1-19-18(20-8-4-7-15-25-2)23-13-11-21(12-14-23)16-17(24)22-9-5-3-6-10-22/h3-16H2,1-2H3,(H,19,20). The summed E-state index contributed by atoms with van der Waals surface area (Å²) in [7, 11) is 1.86. The van der Waals surface area contributed by atoms with Gasteiger partial charge in [-0.1, -0.05) is 0 Å². The number of amides is 1. The molecular weight excluding hydrogens is 334 g/mol. The lowest BCUT2D eigenvalue weighted by atomic mass is 10.1. The number of piperazine rings is 1. The van der Waals surface area contributed by atoms with E-state index in [1.54, 1.807) is 0 Å². The molecule has 0 spiro atoms. The molecule has 1 amide bonds. The number of nitrogens with one attached hydrogen (secondary N) is 1. The van der Waals surface area contributed by atoms with Crippen LogP contribution < -0.4 is 5.32 Å². The van der Waals surface area contributed by atoms with Gasteiger partial charge in [-0.25, -0.2) is 0 Å². The smallest absolute Gasteiger partial charge is 0.236 e. The highest BCUT2D eigenvalue weighted by atomic mass is 32.2. The maximum Gasteiger partial charge on any atom is 0.236 e. The molecule has 0 bridgehead atoms. The van der Waals surface area contributed by atoms with Gasteiger partial charge in [0.25, 0.3) is 0 Å². The van der Waals surface area contributed by atoms with Crippen LogP contribution in [0.25, 0.3) is 0 Å². The lowest BCUT2D eigenvalue weighted by Crippen LogP contribution is -2.54. The number of hydrogen-bond acceptors (Lipinski definition) is 4. The Balaban J connectivity index is 1.66. The highest BCUT2D eigenvalue weighted by Crippen LogP contribution is 2.10. The van der Waals surface area contributed by atoms with Crippen LogP contribution in [-0.2, 0) is 4.79 Å². The summed E-state index contributed by atoms with van der Waals surface area (Å²) in [4.78, 5) is 23.5. The van der Waals surface area contributed by atoms with Crippen LogP contribution >= 0.6 is 11.8 Å². The van der Waals surface area contributed by atoms with E-state index in [2.05, 4.69) is 26.4 Å². The molecule has 0 aromatic heterocycles. The van der Waals surface area contributed by atoms with Gasteiger partial charge >= 0.3 is 0 Å². The molecule has 2 aliphatic rings. The van der Waals surface area contributed by atoms with Crippen LogP contribution in [0.2, 0.25) is 0 Å². The van der Waals surface area contributed by atoms with Crippen molar-refractivity contribution in [2.24, 2.45) is 4.99 Å². The Bertz CT molecular complexity index is 418. The van der Waals surface area contributed by atoms with Gasteiger partial charge in [-0.3, -0.25) is 14.7 Å². The number of thioether (sulfide) groups is 1. The minimum Gasteiger partial charge on any atom is -0.356 e. The van der Waals surface area contributed by atoms with Gasteiger partial charge in [0.05, 0.1) is 6.54 Å². The van der Waals surface area contributed by atoms with E-state index >= 15 is 0 Å². The normalized spacial score (nSPS) is 20.0. The third-order valence-corrected chi connectivity index (χ3v) is 5.71. The predicted octanol–water partition coefficient (Wildman–Crippen LogP) is 1.34. The molecule has 0 unspecified atom stereocenters. The van der Waals surface area contributed by atoms with Crippen molar-refractivity contribution in [3.8, 4) is 0 Å². The number of piperidine rings is 1. The molecule has 2 rings (SSSR count). The van der Waals surface area contributed by atoms with E-state index in [1.165, 1.54) is 37.9 Å². The summed E-state index contributed by atoms with van der Waals surface area (Å²) in [5, 5.41) is 3.48. The molecule has 7 heteroatoms. The molecular formula is C18H35N5OS. The fourth-order valence-corrected chi connectivity index (χ4v) is 3.95. The van der Waals surface area contributed by atoms with Gasteiger partial charge in [0.15, 0.2) is 5.96 Å². The number of carbonyl (C=O) groups excluding carboxylic acids is 1. The highest BCUT2D eigenvalue weighted by Gasteiger charge is 2.23. The zero-order valence-corrected chi connectivity index (χ0v) is 16.8. The number of hydrogen-bond donors (Lipinski definition) is 1. The van der Waals surface area contributed by atoms with Crippen molar-refractivity contribution in [1.82, 2.24) is 20.0 Å². The predicted molar refractivity (Wildman–Crippen MR) is 107 cm³/mol. The second-order valence-electron chi connectivity index (χ2n) is 6.88. The molecule has 1 N–H and O–H groups in total. The van der Waals surface area contributed by atoms with Crippen LogP contribution in [0.4, 0.5) is 0 Å². The van der Waals surface area contributed by atoms with Crippen LogP contribution in [0.3, 0.4) is 0 Å². The average molecular weight is 370 g/mol. The van der Waals surface area contributed by atoms with Crippen LogP contribution in [0.5, 0.6) is 0 Å². The number of guanidine groups is 1. The van der Waals surface area contributed by atoms with E-state index < -0.39 is 0 Å². The van der Waals surface area contributed by atoms with Gasteiger partial charge in [-0.05, 0) is 44.1 Å².